The fraction of sp³-hybridized carbons (Fsp3) is 0.600. The van der Waals surface area contributed by atoms with Gasteiger partial charge >= 0.3 is 6.03 Å². The van der Waals surface area contributed by atoms with E-state index in [1.807, 2.05) is 32.0 Å². The molecule has 1 aromatic rings. The first-order valence-electron chi connectivity index (χ1n) is 9.86. The summed E-state index contributed by atoms with van der Waals surface area (Å²) in [6, 6.07) is 7.84. The number of nitrogens with zero attached hydrogens (tertiary/aromatic N) is 3. The van der Waals surface area contributed by atoms with Crippen molar-refractivity contribution in [1.82, 2.24) is 15.1 Å². The molecule has 3 fully saturated rings. The molecular weight excluding hydrogens is 344 g/mol. The highest BCUT2D eigenvalue weighted by molar-refractivity contribution is 6.07. The van der Waals surface area contributed by atoms with Gasteiger partial charge in [0.2, 0.25) is 0 Å². The molecule has 2 heterocycles. The maximum Gasteiger partial charge on any atom is 0.326 e. The number of para-hydroxylation sites is 2. The van der Waals surface area contributed by atoms with Gasteiger partial charge in [-0.05, 0) is 44.7 Å². The van der Waals surface area contributed by atoms with Crippen molar-refractivity contribution in [1.29, 1.82) is 0 Å². The topological polar surface area (TPSA) is 65.1 Å². The van der Waals surface area contributed by atoms with Gasteiger partial charge in [-0.15, -0.1) is 0 Å². The van der Waals surface area contributed by atoms with Crippen molar-refractivity contribution in [2.45, 2.75) is 32.2 Å². The second kappa shape index (κ2) is 7.03. The molecule has 2 saturated heterocycles. The lowest BCUT2D eigenvalue weighted by Crippen LogP contribution is -2.52. The Kier molecular flexibility index (Phi) is 4.72. The lowest BCUT2D eigenvalue weighted by molar-refractivity contribution is -0.133. The summed E-state index contributed by atoms with van der Waals surface area (Å²) in [4.78, 5) is 31.0. The van der Waals surface area contributed by atoms with Crippen LogP contribution in [-0.4, -0.2) is 66.7 Å². The van der Waals surface area contributed by atoms with E-state index in [9.17, 15) is 9.59 Å². The first-order chi connectivity index (χ1) is 13.0. The zero-order valence-electron chi connectivity index (χ0n) is 16.1. The van der Waals surface area contributed by atoms with Crippen LogP contribution in [0.2, 0.25) is 0 Å². The van der Waals surface area contributed by atoms with Gasteiger partial charge in [0.25, 0.3) is 5.91 Å². The minimum absolute atomic E-state index is 0.0703. The molecule has 1 aliphatic carbocycles. The van der Waals surface area contributed by atoms with Crippen LogP contribution in [0.5, 0.6) is 5.75 Å². The van der Waals surface area contributed by atoms with Gasteiger partial charge in [-0.25, -0.2) is 9.69 Å². The molecule has 1 saturated carbocycles. The minimum atomic E-state index is -0.699. The Morgan fingerprint density at radius 3 is 2.52 bits per heavy atom. The second-order valence-corrected chi connectivity index (χ2v) is 7.79. The number of piperazine rings is 1. The molecule has 4 rings (SSSR count). The lowest BCUT2D eigenvalue weighted by atomic mass is 9.96. The molecule has 0 radical (unpaired) electrons. The van der Waals surface area contributed by atoms with E-state index in [-0.39, 0.29) is 11.9 Å². The van der Waals surface area contributed by atoms with Crippen LogP contribution in [0.1, 0.15) is 26.7 Å². The van der Waals surface area contributed by atoms with Crippen molar-refractivity contribution in [3.63, 3.8) is 0 Å². The number of hydrogen-bond donors (Lipinski definition) is 1. The fourth-order valence-corrected chi connectivity index (χ4v) is 4.11. The van der Waals surface area contributed by atoms with Gasteiger partial charge in [0, 0.05) is 26.2 Å². The van der Waals surface area contributed by atoms with Gasteiger partial charge in [-0.2, -0.15) is 0 Å². The highest BCUT2D eigenvalue weighted by Crippen LogP contribution is 2.42. The van der Waals surface area contributed by atoms with E-state index in [1.165, 1.54) is 4.90 Å². The van der Waals surface area contributed by atoms with E-state index < -0.39 is 5.54 Å². The third-order valence-corrected chi connectivity index (χ3v) is 5.91. The van der Waals surface area contributed by atoms with Crippen LogP contribution in [0.4, 0.5) is 10.5 Å². The Morgan fingerprint density at radius 2 is 1.85 bits per heavy atom. The summed E-state index contributed by atoms with van der Waals surface area (Å²) < 4.78 is 5.74. The summed E-state index contributed by atoms with van der Waals surface area (Å²) in [5.74, 6) is 1.13. The summed E-state index contributed by atoms with van der Waals surface area (Å²) in [6.45, 7) is 8.16. The number of imide groups is 1. The van der Waals surface area contributed by atoms with Crippen LogP contribution in [0.25, 0.3) is 0 Å². The summed E-state index contributed by atoms with van der Waals surface area (Å²) in [6.07, 6.45) is 2.04. The van der Waals surface area contributed by atoms with E-state index in [4.69, 9.17) is 4.74 Å². The fourth-order valence-electron chi connectivity index (χ4n) is 4.11. The minimum Gasteiger partial charge on any atom is -0.492 e. The van der Waals surface area contributed by atoms with E-state index in [2.05, 4.69) is 21.2 Å². The number of nitrogens with one attached hydrogen (secondary N) is 1. The molecule has 0 unspecified atom stereocenters. The number of benzene rings is 1. The molecule has 1 atom stereocenters. The van der Waals surface area contributed by atoms with Gasteiger partial charge in [-0.3, -0.25) is 9.69 Å². The SMILES string of the molecule is CCOc1ccccc1N1CCN(CN2C(=O)N[C@@](C)(C3CC3)C2=O)CC1. The summed E-state index contributed by atoms with van der Waals surface area (Å²) in [7, 11) is 0. The van der Waals surface area contributed by atoms with Gasteiger partial charge in [0.05, 0.1) is 19.0 Å². The largest absolute Gasteiger partial charge is 0.492 e. The summed E-state index contributed by atoms with van der Waals surface area (Å²) in [5.41, 5.74) is 0.408. The van der Waals surface area contributed by atoms with E-state index in [0.29, 0.717) is 19.2 Å². The zero-order chi connectivity index (χ0) is 19.0. The zero-order valence-corrected chi connectivity index (χ0v) is 16.1. The Bertz CT molecular complexity index is 728. The summed E-state index contributed by atoms with van der Waals surface area (Å²) >= 11 is 0. The number of amides is 3. The van der Waals surface area contributed by atoms with Gasteiger partial charge in [-0.1, -0.05) is 12.1 Å². The van der Waals surface area contributed by atoms with E-state index >= 15 is 0 Å². The number of anilines is 1. The van der Waals surface area contributed by atoms with E-state index in [0.717, 1.165) is 50.5 Å². The maximum atomic E-state index is 12.8. The monoisotopic (exact) mass is 372 g/mol. The Balaban J connectivity index is 1.36. The predicted molar refractivity (Wildman–Crippen MR) is 103 cm³/mol. The van der Waals surface area contributed by atoms with Crippen molar-refractivity contribution >= 4 is 17.6 Å². The summed E-state index contributed by atoms with van der Waals surface area (Å²) in [5, 5.41) is 2.92. The number of carbonyl (C=O) groups excluding carboxylic acids is 2. The standard InChI is InChI=1S/C20H28N4O3/c1-3-27-17-7-5-4-6-16(17)23-12-10-22(11-13-23)14-24-18(25)20(2,15-8-9-15)21-19(24)26/h4-7,15H,3,8-14H2,1-2H3,(H,21,26)/t20-/m0/s1. The molecule has 1 aromatic carbocycles. The lowest BCUT2D eigenvalue weighted by Gasteiger charge is -2.37. The predicted octanol–water partition coefficient (Wildman–Crippen LogP) is 1.89. The number of hydrogen-bond acceptors (Lipinski definition) is 5. The van der Waals surface area contributed by atoms with Crippen molar-refractivity contribution < 1.29 is 14.3 Å². The van der Waals surface area contributed by atoms with Crippen molar-refractivity contribution in [2.75, 3.05) is 44.4 Å². The Hall–Kier alpha value is -2.28. The number of rotatable bonds is 6. The molecule has 0 spiro atoms. The molecule has 0 bridgehead atoms. The molecule has 3 aliphatic rings. The number of urea groups is 1. The van der Waals surface area contributed by atoms with E-state index in [1.54, 1.807) is 0 Å². The number of carbonyl (C=O) groups is 2. The molecule has 146 valence electrons. The molecule has 2 aliphatic heterocycles. The molecule has 0 aromatic heterocycles. The Morgan fingerprint density at radius 1 is 1.15 bits per heavy atom. The molecule has 7 nitrogen and oxygen atoms in total. The number of ether oxygens (including phenoxy) is 1. The highest BCUT2D eigenvalue weighted by atomic mass is 16.5. The van der Waals surface area contributed by atoms with Crippen LogP contribution in [0.3, 0.4) is 0 Å². The Labute approximate surface area is 160 Å². The van der Waals surface area contributed by atoms with Crippen LogP contribution in [0.15, 0.2) is 24.3 Å². The van der Waals surface area contributed by atoms with Gasteiger partial charge in [0.15, 0.2) is 0 Å². The van der Waals surface area contributed by atoms with Crippen LogP contribution >= 0.6 is 0 Å². The average Bonchev–Trinajstić information content (AvgIpc) is 3.49. The average molecular weight is 372 g/mol. The smallest absolute Gasteiger partial charge is 0.326 e. The molecule has 27 heavy (non-hydrogen) atoms. The van der Waals surface area contributed by atoms with Crippen LogP contribution in [0, 0.1) is 5.92 Å². The third-order valence-electron chi connectivity index (χ3n) is 5.91. The molecule has 3 amide bonds. The van der Waals surface area contributed by atoms with Crippen molar-refractivity contribution in [3.8, 4) is 5.75 Å². The molecular formula is C20H28N4O3. The highest BCUT2D eigenvalue weighted by Gasteiger charge is 2.56. The van der Waals surface area contributed by atoms with Crippen LogP contribution < -0.4 is 15.0 Å². The molecule has 1 N–H and O–H groups in total. The van der Waals surface area contributed by atoms with Gasteiger partial charge in [0.1, 0.15) is 11.3 Å². The first-order valence-corrected chi connectivity index (χ1v) is 9.86. The van der Waals surface area contributed by atoms with Crippen molar-refractivity contribution in [2.24, 2.45) is 5.92 Å². The van der Waals surface area contributed by atoms with Crippen LogP contribution in [-0.2, 0) is 4.79 Å². The first kappa shape index (κ1) is 18.1. The van der Waals surface area contributed by atoms with Gasteiger partial charge < -0.3 is 15.0 Å². The maximum absolute atomic E-state index is 12.8. The normalized spacial score (nSPS) is 26.4. The molecule has 7 heteroatoms. The second-order valence-electron chi connectivity index (χ2n) is 7.79. The van der Waals surface area contributed by atoms with Crippen molar-refractivity contribution in [3.05, 3.63) is 24.3 Å². The third kappa shape index (κ3) is 3.36. The quantitative estimate of drug-likeness (QED) is 0.773.